The van der Waals surface area contributed by atoms with E-state index in [9.17, 15) is 0 Å². The van der Waals surface area contributed by atoms with Crippen LogP contribution < -0.4 is 5.32 Å². The minimum Gasteiger partial charge on any atom is -0.311 e. The van der Waals surface area contributed by atoms with Gasteiger partial charge in [-0.25, -0.2) is 0 Å². The Morgan fingerprint density at radius 2 is 1.35 bits per heavy atom. The molecule has 0 aliphatic heterocycles. The number of hydrogen-bond acceptors (Lipinski definition) is 2. The minimum absolute atomic E-state index is 0. The maximum atomic E-state index is 3.52. The van der Waals surface area contributed by atoms with E-state index in [1.54, 1.807) is 0 Å². The molecule has 0 saturated heterocycles. The highest BCUT2D eigenvalue weighted by atomic mass is 35.5. The number of benzene rings is 2. The van der Waals surface area contributed by atoms with Gasteiger partial charge in [-0.1, -0.05) is 68.4 Å². The van der Waals surface area contributed by atoms with Crippen LogP contribution in [-0.4, -0.2) is 31.1 Å². The van der Waals surface area contributed by atoms with E-state index in [4.69, 9.17) is 0 Å². The molecule has 0 aliphatic rings. The summed E-state index contributed by atoms with van der Waals surface area (Å²) >= 11 is 0. The van der Waals surface area contributed by atoms with Crippen molar-refractivity contribution in [2.45, 2.75) is 20.4 Å². The Morgan fingerprint density at radius 3 is 1.91 bits per heavy atom. The molecule has 2 aromatic rings. The molecule has 0 heterocycles. The molecular formula is C19H28Cl2N2. The molecule has 0 spiro atoms. The van der Waals surface area contributed by atoms with Gasteiger partial charge in [0.15, 0.2) is 0 Å². The van der Waals surface area contributed by atoms with Crippen molar-refractivity contribution in [1.82, 2.24) is 10.2 Å². The van der Waals surface area contributed by atoms with Gasteiger partial charge in [0, 0.05) is 19.6 Å². The standard InChI is InChI=1S/C19H26N2.2ClH/c1-3-21(4-2)15-14-20-16-17-10-12-19(13-11-17)18-8-6-5-7-9-18;;/h5-13,20H,3-4,14-16H2,1-2H3;2*1H. The Kier molecular flexibility index (Phi) is 11.8. The first kappa shape index (κ1) is 21.9. The highest BCUT2D eigenvalue weighted by Gasteiger charge is 1.99. The fraction of sp³-hybridized carbons (Fsp3) is 0.368. The van der Waals surface area contributed by atoms with Crippen LogP contribution >= 0.6 is 24.8 Å². The molecule has 0 aliphatic carbocycles. The zero-order chi connectivity index (χ0) is 14.9. The molecule has 4 heteroatoms. The lowest BCUT2D eigenvalue weighted by atomic mass is 10.0. The van der Waals surface area contributed by atoms with Crippen LogP contribution in [0.2, 0.25) is 0 Å². The molecule has 23 heavy (non-hydrogen) atoms. The van der Waals surface area contributed by atoms with Crippen LogP contribution in [0.4, 0.5) is 0 Å². The summed E-state index contributed by atoms with van der Waals surface area (Å²) < 4.78 is 0. The zero-order valence-corrected chi connectivity index (χ0v) is 15.6. The van der Waals surface area contributed by atoms with Crippen molar-refractivity contribution in [3.05, 3.63) is 60.2 Å². The van der Waals surface area contributed by atoms with Crippen LogP contribution in [0, 0.1) is 0 Å². The molecule has 0 radical (unpaired) electrons. The van der Waals surface area contributed by atoms with Crippen molar-refractivity contribution in [3.8, 4) is 11.1 Å². The number of halogens is 2. The highest BCUT2D eigenvalue weighted by molar-refractivity contribution is 5.85. The van der Waals surface area contributed by atoms with Gasteiger partial charge in [0.2, 0.25) is 0 Å². The first-order valence-corrected chi connectivity index (χ1v) is 7.91. The molecule has 2 nitrogen and oxygen atoms in total. The predicted molar refractivity (Wildman–Crippen MR) is 106 cm³/mol. The minimum atomic E-state index is 0. The molecule has 0 unspecified atom stereocenters. The maximum absolute atomic E-state index is 3.52. The molecule has 0 bridgehead atoms. The molecule has 0 saturated carbocycles. The van der Waals surface area contributed by atoms with Crippen molar-refractivity contribution < 1.29 is 0 Å². The number of rotatable bonds is 8. The van der Waals surface area contributed by atoms with Crippen LogP contribution in [0.25, 0.3) is 11.1 Å². The second-order valence-corrected chi connectivity index (χ2v) is 5.27. The summed E-state index contributed by atoms with van der Waals surface area (Å²) in [5.74, 6) is 0. The second kappa shape index (κ2) is 12.4. The fourth-order valence-corrected chi connectivity index (χ4v) is 2.46. The van der Waals surface area contributed by atoms with Gasteiger partial charge in [0.25, 0.3) is 0 Å². The second-order valence-electron chi connectivity index (χ2n) is 5.27. The van der Waals surface area contributed by atoms with Crippen molar-refractivity contribution in [2.75, 3.05) is 26.2 Å². The van der Waals surface area contributed by atoms with E-state index in [0.29, 0.717) is 0 Å². The average Bonchev–Trinajstić information content (AvgIpc) is 2.56. The molecule has 0 atom stereocenters. The van der Waals surface area contributed by atoms with E-state index >= 15 is 0 Å². The summed E-state index contributed by atoms with van der Waals surface area (Å²) in [7, 11) is 0. The lowest BCUT2D eigenvalue weighted by molar-refractivity contribution is 0.302. The van der Waals surface area contributed by atoms with E-state index in [1.807, 2.05) is 0 Å². The third-order valence-electron chi connectivity index (χ3n) is 3.89. The summed E-state index contributed by atoms with van der Waals surface area (Å²) in [6, 6.07) is 19.4. The lowest BCUT2D eigenvalue weighted by Gasteiger charge is -2.18. The Hall–Kier alpha value is -1.06. The quantitative estimate of drug-likeness (QED) is 0.695. The molecule has 0 fully saturated rings. The van der Waals surface area contributed by atoms with E-state index in [2.05, 4.69) is 78.7 Å². The lowest BCUT2D eigenvalue weighted by Crippen LogP contribution is -2.31. The molecule has 0 aromatic heterocycles. The number of nitrogens with zero attached hydrogens (tertiary/aromatic N) is 1. The van der Waals surface area contributed by atoms with Crippen LogP contribution in [0.15, 0.2) is 54.6 Å². The smallest absolute Gasteiger partial charge is 0.0206 e. The molecule has 128 valence electrons. The zero-order valence-electron chi connectivity index (χ0n) is 14.0. The summed E-state index contributed by atoms with van der Waals surface area (Å²) in [4.78, 5) is 2.44. The highest BCUT2D eigenvalue weighted by Crippen LogP contribution is 2.19. The van der Waals surface area contributed by atoms with E-state index < -0.39 is 0 Å². The van der Waals surface area contributed by atoms with Crippen molar-refractivity contribution >= 4 is 24.8 Å². The SMILES string of the molecule is CCN(CC)CCNCc1ccc(-c2ccccc2)cc1.Cl.Cl. The normalized spacial score (nSPS) is 10.0. The third kappa shape index (κ3) is 7.36. The Morgan fingerprint density at radius 1 is 0.783 bits per heavy atom. The number of hydrogen-bond donors (Lipinski definition) is 1. The Labute approximate surface area is 153 Å². The van der Waals surface area contributed by atoms with Crippen LogP contribution in [0.3, 0.4) is 0 Å². The van der Waals surface area contributed by atoms with Gasteiger partial charge in [0.1, 0.15) is 0 Å². The average molecular weight is 355 g/mol. The number of nitrogens with one attached hydrogen (secondary N) is 1. The summed E-state index contributed by atoms with van der Waals surface area (Å²) in [6.45, 7) is 9.79. The summed E-state index contributed by atoms with van der Waals surface area (Å²) in [6.07, 6.45) is 0. The monoisotopic (exact) mass is 354 g/mol. The van der Waals surface area contributed by atoms with Crippen LogP contribution in [0.1, 0.15) is 19.4 Å². The van der Waals surface area contributed by atoms with Crippen LogP contribution in [-0.2, 0) is 6.54 Å². The van der Waals surface area contributed by atoms with E-state index in [1.165, 1.54) is 16.7 Å². The van der Waals surface area contributed by atoms with Gasteiger partial charge in [-0.3, -0.25) is 0 Å². The Bertz CT molecular complexity index is 511. The molecule has 0 amide bonds. The van der Waals surface area contributed by atoms with Gasteiger partial charge < -0.3 is 10.2 Å². The van der Waals surface area contributed by atoms with Gasteiger partial charge in [-0.15, -0.1) is 24.8 Å². The van der Waals surface area contributed by atoms with Crippen LogP contribution in [0.5, 0.6) is 0 Å². The number of likely N-dealkylation sites (N-methyl/N-ethyl adjacent to an activating group) is 1. The first-order chi connectivity index (χ1) is 10.3. The molecule has 2 aromatic carbocycles. The molecular weight excluding hydrogens is 327 g/mol. The van der Waals surface area contributed by atoms with Crippen molar-refractivity contribution in [2.24, 2.45) is 0 Å². The maximum Gasteiger partial charge on any atom is 0.0206 e. The topological polar surface area (TPSA) is 15.3 Å². The molecule has 1 N–H and O–H groups in total. The third-order valence-corrected chi connectivity index (χ3v) is 3.89. The Balaban J connectivity index is 0.00000242. The van der Waals surface area contributed by atoms with E-state index in [0.717, 1.165) is 32.7 Å². The summed E-state index contributed by atoms with van der Waals surface area (Å²) in [5, 5.41) is 3.52. The van der Waals surface area contributed by atoms with Gasteiger partial charge in [0.05, 0.1) is 0 Å². The van der Waals surface area contributed by atoms with E-state index in [-0.39, 0.29) is 24.8 Å². The fourth-order valence-electron chi connectivity index (χ4n) is 2.46. The largest absolute Gasteiger partial charge is 0.311 e. The van der Waals surface area contributed by atoms with Gasteiger partial charge >= 0.3 is 0 Å². The van der Waals surface area contributed by atoms with Crippen molar-refractivity contribution in [3.63, 3.8) is 0 Å². The van der Waals surface area contributed by atoms with Gasteiger partial charge in [-0.2, -0.15) is 0 Å². The summed E-state index contributed by atoms with van der Waals surface area (Å²) in [5.41, 5.74) is 3.90. The molecule has 2 rings (SSSR count). The van der Waals surface area contributed by atoms with Crippen molar-refractivity contribution in [1.29, 1.82) is 0 Å². The van der Waals surface area contributed by atoms with Gasteiger partial charge in [-0.05, 0) is 29.8 Å². The predicted octanol–water partition coefficient (Wildman–Crippen LogP) is 4.63. The first-order valence-electron chi connectivity index (χ1n) is 7.91.